The second kappa shape index (κ2) is 11.6. The summed E-state index contributed by atoms with van der Waals surface area (Å²) in [6.45, 7) is 3.97. The Morgan fingerprint density at radius 3 is 2.40 bits per heavy atom. The zero-order valence-corrected chi connectivity index (χ0v) is 23.1. The van der Waals surface area contributed by atoms with Crippen LogP contribution in [0.3, 0.4) is 0 Å². The Morgan fingerprint density at radius 1 is 0.950 bits per heavy atom. The Balaban J connectivity index is 1.28. The topological polar surface area (TPSA) is 99.4 Å². The van der Waals surface area contributed by atoms with Gasteiger partial charge >= 0.3 is 0 Å². The monoisotopic (exact) mass is 539 g/mol. The average molecular weight is 540 g/mol. The van der Waals surface area contributed by atoms with E-state index in [0.717, 1.165) is 67.7 Å². The van der Waals surface area contributed by atoms with E-state index in [2.05, 4.69) is 21.8 Å². The van der Waals surface area contributed by atoms with Gasteiger partial charge in [0, 0.05) is 49.9 Å². The molecule has 2 aromatic carbocycles. The molecule has 6 rings (SSSR count). The fraction of sp³-hybridized carbons (Fsp3) is 0.419. The maximum Gasteiger partial charge on any atom is 0.253 e. The Labute approximate surface area is 234 Å². The highest BCUT2D eigenvalue weighted by Gasteiger charge is 2.23. The van der Waals surface area contributed by atoms with Crippen molar-refractivity contribution in [3.63, 3.8) is 0 Å². The number of phenolic OH excluding ortho intramolecular Hbond substituents is 1. The molecule has 0 atom stereocenters. The predicted octanol–water partition coefficient (Wildman–Crippen LogP) is 4.75. The van der Waals surface area contributed by atoms with Gasteiger partial charge in [0.1, 0.15) is 11.3 Å². The number of piperazine rings is 1. The number of imidazole rings is 1. The molecule has 1 aliphatic carbocycles. The number of benzene rings is 2. The van der Waals surface area contributed by atoms with Crippen LogP contribution in [0, 0.1) is 0 Å². The van der Waals surface area contributed by atoms with Gasteiger partial charge in [0.05, 0.1) is 6.33 Å². The molecule has 0 radical (unpaired) electrons. The van der Waals surface area contributed by atoms with Crippen LogP contribution in [-0.2, 0) is 6.42 Å². The van der Waals surface area contributed by atoms with Crippen molar-refractivity contribution in [1.82, 2.24) is 29.3 Å². The van der Waals surface area contributed by atoms with E-state index >= 15 is 0 Å². The molecule has 9 nitrogen and oxygen atoms in total. The second-order valence-corrected chi connectivity index (χ2v) is 11.0. The van der Waals surface area contributed by atoms with Crippen LogP contribution < -0.4 is 5.32 Å². The van der Waals surface area contributed by atoms with E-state index in [9.17, 15) is 9.90 Å². The zero-order valence-electron chi connectivity index (χ0n) is 23.1. The van der Waals surface area contributed by atoms with E-state index in [1.165, 1.54) is 19.3 Å². The third kappa shape index (κ3) is 5.65. The fourth-order valence-corrected chi connectivity index (χ4v) is 5.74. The van der Waals surface area contributed by atoms with Crippen LogP contribution in [0.2, 0.25) is 0 Å². The van der Waals surface area contributed by atoms with Crippen molar-refractivity contribution in [2.75, 3.05) is 45.1 Å². The average Bonchev–Trinajstić information content (AvgIpc) is 3.43. The summed E-state index contributed by atoms with van der Waals surface area (Å²) in [6, 6.07) is 15.4. The largest absolute Gasteiger partial charge is 0.508 e. The molecule has 40 heavy (non-hydrogen) atoms. The molecule has 2 aliphatic rings. The standard InChI is InChI=1S/C31H37N7O2/c1-36-17-19-37(20-18-36)31(40)24-11-9-23(10-12-24)28-34-29(32-16-15-22-7-13-26(39)14-8-22)27-30(35-28)38(21-33-27)25-5-3-2-4-6-25/h7-14,21,25,39H,2-6,15-20H2,1H3,(H,32,34,35). The van der Waals surface area contributed by atoms with Crippen molar-refractivity contribution in [1.29, 1.82) is 0 Å². The highest BCUT2D eigenvalue weighted by atomic mass is 16.3. The first-order chi connectivity index (χ1) is 19.5. The molecule has 2 aromatic heterocycles. The molecule has 2 fully saturated rings. The number of fused-ring (bicyclic) bond motifs is 1. The molecule has 0 spiro atoms. The minimum Gasteiger partial charge on any atom is -0.508 e. The summed E-state index contributed by atoms with van der Waals surface area (Å²) in [7, 11) is 2.09. The Morgan fingerprint density at radius 2 is 1.68 bits per heavy atom. The van der Waals surface area contributed by atoms with Gasteiger partial charge in [-0.05, 0) is 56.1 Å². The lowest BCUT2D eigenvalue weighted by molar-refractivity contribution is 0.0664. The number of amides is 1. The lowest BCUT2D eigenvalue weighted by Gasteiger charge is -2.32. The van der Waals surface area contributed by atoms with Gasteiger partial charge in [0.25, 0.3) is 5.91 Å². The molecule has 1 saturated carbocycles. The maximum atomic E-state index is 13.1. The SMILES string of the molecule is CN1CCN(C(=O)c2ccc(-c3nc(NCCc4ccc(O)cc4)c4ncn(C5CCCCC5)c4n3)cc2)CC1. The number of phenols is 1. The maximum absolute atomic E-state index is 13.1. The van der Waals surface area contributed by atoms with Gasteiger partial charge in [-0.25, -0.2) is 15.0 Å². The van der Waals surface area contributed by atoms with Crippen molar-refractivity contribution in [2.24, 2.45) is 0 Å². The summed E-state index contributed by atoms with van der Waals surface area (Å²) in [4.78, 5) is 31.9. The highest BCUT2D eigenvalue weighted by molar-refractivity contribution is 5.95. The number of carbonyl (C=O) groups is 1. The summed E-state index contributed by atoms with van der Waals surface area (Å²) in [5.74, 6) is 1.67. The normalized spacial score (nSPS) is 16.9. The summed E-state index contributed by atoms with van der Waals surface area (Å²) in [5, 5.41) is 13.1. The summed E-state index contributed by atoms with van der Waals surface area (Å²) < 4.78 is 2.23. The third-order valence-corrected chi connectivity index (χ3v) is 8.21. The number of hydrogen-bond acceptors (Lipinski definition) is 7. The van der Waals surface area contributed by atoms with Crippen molar-refractivity contribution >= 4 is 22.9 Å². The Hall–Kier alpha value is -3.98. The van der Waals surface area contributed by atoms with Crippen LogP contribution in [0.4, 0.5) is 5.82 Å². The molecule has 1 saturated heterocycles. The molecular weight excluding hydrogens is 502 g/mol. The quantitative estimate of drug-likeness (QED) is 0.350. The molecule has 1 amide bonds. The van der Waals surface area contributed by atoms with E-state index in [-0.39, 0.29) is 11.7 Å². The fourth-order valence-electron chi connectivity index (χ4n) is 5.74. The number of aromatic nitrogens is 4. The number of likely N-dealkylation sites (N-methyl/N-ethyl adjacent to an activating group) is 1. The van der Waals surface area contributed by atoms with Crippen molar-refractivity contribution in [3.8, 4) is 17.1 Å². The number of nitrogens with one attached hydrogen (secondary N) is 1. The lowest BCUT2D eigenvalue weighted by atomic mass is 9.95. The molecule has 0 unspecified atom stereocenters. The first-order valence-electron chi connectivity index (χ1n) is 14.4. The van der Waals surface area contributed by atoms with E-state index in [0.29, 0.717) is 29.8 Å². The minimum absolute atomic E-state index is 0.0722. The van der Waals surface area contributed by atoms with E-state index in [4.69, 9.17) is 15.0 Å². The van der Waals surface area contributed by atoms with Crippen molar-refractivity contribution in [3.05, 3.63) is 66.0 Å². The first-order valence-corrected chi connectivity index (χ1v) is 14.4. The van der Waals surface area contributed by atoms with Gasteiger partial charge in [-0.3, -0.25) is 4.79 Å². The summed E-state index contributed by atoms with van der Waals surface area (Å²) in [6.07, 6.45) is 8.71. The second-order valence-electron chi connectivity index (χ2n) is 11.0. The van der Waals surface area contributed by atoms with Crippen molar-refractivity contribution < 1.29 is 9.90 Å². The van der Waals surface area contributed by atoms with Crippen LogP contribution >= 0.6 is 0 Å². The lowest BCUT2D eigenvalue weighted by Crippen LogP contribution is -2.47. The molecular formula is C31H37N7O2. The molecule has 1 aliphatic heterocycles. The van der Waals surface area contributed by atoms with Crippen LogP contribution in [0.15, 0.2) is 54.9 Å². The molecule has 2 N–H and O–H groups in total. The number of carbonyl (C=O) groups excluding carboxylic acids is 1. The van der Waals surface area contributed by atoms with Crippen molar-refractivity contribution in [2.45, 2.75) is 44.6 Å². The van der Waals surface area contributed by atoms with Crippen LogP contribution in [0.5, 0.6) is 5.75 Å². The third-order valence-electron chi connectivity index (χ3n) is 8.21. The van der Waals surface area contributed by atoms with Gasteiger partial charge in [-0.1, -0.05) is 43.5 Å². The Kier molecular flexibility index (Phi) is 7.64. The predicted molar refractivity (Wildman–Crippen MR) is 157 cm³/mol. The van der Waals surface area contributed by atoms with E-state index in [1.807, 2.05) is 47.6 Å². The molecule has 4 aromatic rings. The number of rotatable bonds is 7. The number of anilines is 1. The molecule has 9 heteroatoms. The zero-order chi connectivity index (χ0) is 27.5. The van der Waals surface area contributed by atoms with Crippen LogP contribution in [-0.4, -0.2) is 80.1 Å². The van der Waals surface area contributed by atoms with E-state index < -0.39 is 0 Å². The molecule has 208 valence electrons. The van der Waals surface area contributed by atoms with Gasteiger partial charge in [-0.2, -0.15) is 0 Å². The molecule has 0 bridgehead atoms. The van der Waals surface area contributed by atoms with Gasteiger partial charge < -0.3 is 24.8 Å². The number of hydrogen-bond donors (Lipinski definition) is 2. The van der Waals surface area contributed by atoms with E-state index in [1.54, 1.807) is 12.1 Å². The summed E-state index contributed by atoms with van der Waals surface area (Å²) >= 11 is 0. The molecule has 3 heterocycles. The van der Waals surface area contributed by atoms with Crippen LogP contribution in [0.1, 0.15) is 54.1 Å². The van der Waals surface area contributed by atoms with Gasteiger partial charge in [0.15, 0.2) is 17.3 Å². The minimum atomic E-state index is 0.0722. The van der Waals surface area contributed by atoms with Crippen LogP contribution in [0.25, 0.3) is 22.6 Å². The highest BCUT2D eigenvalue weighted by Crippen LogP contribution is 2.32. The van der Waals surface area contributed by atoms with Gasteiger partial charge in [0.2, 0.25) is 0 Å². The Bertz CT molecular complexity index is 1450. The number of nitrogens with zero attached hydrogens (tertiary/aromatic N) is 6. The van der Waals surface area contributed by atoms with Gasteiger partial charge in [-0.15, -0.1) is 0 Å². The smallest absolute Gasteiger partial charge is 0.253 e. The number of aromatic hydroxyl groups is 1. The first kappa shape index (κ1) is 26.3. The summed E-state index contributed by atoms with van der Waals surface area (Å²) in [5.41, 5.74) is 4.32.